The Morgan fingerprint density at radius 2 is 2.20 bits per heavy atom. The number of nitrogens with one attached hydrogen (secondary N) is 2. The molecule has 0 atom stereocenters. The first-order chi connectivity index (χ1) is 9.65. The van der Waals surface area contributed by atoms with Crippen LogP contribution >= 0.6 is 11.3 Å². The Balaban J connectivity index is 1.61. The predicted molar refractivity (Wildman–Crippen MR) is 77.7 cm³/mol. The zero-order valence-corrected chi connectivity index (χ0v) is 12.2. The van der Waals surface area contributed by atoms with Gasteiger partial charge in [-0.25, -0.2) is 0 Å². The Hall–Kier alpha value is -1.40. The first-order valence-corrected chi connectivity index (χ1v) is 7.77. The van der Waals surface area contributed by atoms with Crippen molar-refractivity contribution in [2.24, 2.45) is 0 Å². The van der Waals surface area contributed by atoms with Gasteiger partial charge >= 0.3 is 0 Å². The van der Waals surface area contributed by atoms with Crippen molar-refractivity contribution in [1.29, 1.82) is 0 Å². The van der Waals surface area contributed by atoms with Gasteiger partial charge < -0.3 is 15.7 Å². The van der Waals surface area contributed by atoms with Crippen LogP contribution in [-0.2, 0) is 4.79 Å². The normalized spacial score (nSPS) is 16.2. The minimum Gasteiger partial charge on any atom is -0.394 e. The third-order valence-corrected chi connectivity index (χ3v) is 4.50. The molecular weight excluding hydrogens is 276 g/mol. The molecule has 1 aromatic rings. The number of hydrogen-bond acceptors (Lipinski definition) is 4. The quantitative estimate of drug-likeness (QED) is 0.663. The second kappa shape index (κ2) is 6.85. The lowest BCUT2D eigenvalue weighted by molar-refractivity contribution is -0.125. The highest BCUT2D eigenvalue weighted by Gasteiger charge is 2.37. The largest absolute Gasteiger partial charge is 0.394 e. The molecule has 0 unspecified atom stereocenters. The molecule has 2 amide bonds. The molecule has 2 rings (SSSR count). The van der Waals surface area contributed by atoms with E-state index in [1.807, 2.05) is 11.4 Å². The first kappa shape index (κ1) is 15.0. The van der Waals surface area contributed by atoms with E-state index in [0.717, 1.165) is 19.3 Å². The summed E-state index contributed by atoms with van der Waals surface area (Å²) in [5.74, 6) is -0.143. The van der Waals surface area contributed by atoms with Gasteiger partial charge in [0.25, 0.3) is 5.91 Å². The summed E-state index contributed by atoms with van der Waals surface area (Å²) in [6.45, 7) is 0.490. The lowest BCUT2D eigenvalue weighted by Gasteiger charge is -2.41. The third kappa shape index (κ3) is 3.80. The molecule has 0 spiro atoms. The predicted octanol–water partition coefficient (Wildman–Crippen LogP) is 1.29. The van der Waals surface area contributed by atoms with E-state index in [1.165, 1.54) is 11.3 Å². The van der Waals surface area contributed by atoms with Crippen LogP contribution in [0.4, 0.5) is 0 Å². The van der Waals surface area contributed by atoms with E-state index in [-0.39, 0.29) is 24.0 Å². The minimum absolute atomic E-state index is 0.00779. The lowest BCUT2D eigenvalue weighted by Crippen LogP contribution is -2.56. The Morgan fingerprint density at radius 3 is 2.75 bits per heavy atom. The van der Waals surface area contributed by atoms with Crippen molar-refractivity contribution in [3.8, 4) is 0 Å². The number of aliphatic hydroxyl groups is 1. The fourth-order valence-corrected chi connectivity index (χ4v) is 2.87. The van der Waals surface area contributed by atoms with Crippen molar-refractivity contribution in [3.63, 3.8) is 0 Å². The Labute approximate surface area is 122 Å². The molecule has 3 N–H and O–H groups in total. The summed E-state index contributed by atoms with van der Waals surface area (Å²) in [7, 11) is 0. The maximum atomic E-state index is 11.8. The van der Waals surface area contributed by atoms with E-state index in [9.17, 15) is 14.7 Å². The lowest BCUT2D eigenvalue weighted by atomic mass is 9.77. The third-order valence-electron chi connectivity index (χ3n) is 3.63. The van der Waals surface area contributed by atoms with E-state index < -0.39 is 0 Å². The standard InChI is InChI=1S/C14H20N2O3S/c17-10-14(6-3-7-14)16-12(18)5-1-8-15-13(19)11-4-2-9-20-11/h2,4,9,17H,1,3,5-8,10H2,(H,15,19)(H,16,18). The highest BCUT2D eigenvalue weighted by Crippen LogP contribution is 2.31. The van der Waals surface area contributed by atoms with Crippen molar-refractivity contribution >= 4 is 23.2 Å². The molecule has 1 saturated carbocycles. The molecule has 5 nitrogen and oxygen atoms in total. The molecular formula is C14H20N2O3S. The maximum absolute atomic E-state index is 11.8. The molecule has 6 heteroatoms. The summed E-state index contributed by atoms with van der Waals surface area (Å²) in [5.41, 5.74) is -0.378. The summed E-state index contributed by atoms with van der Waals surface area (Å²) >= 11 is 1.40. The van der Waals surface area contributed by atoms with Crippen LogP contribution in [0.1, 0.15) is 41.8 Å². The number of carbonyl (C=O) groups excluding carboxylic acids is 2. The van der Waals surface area contributed by atoms with Gasteiger partial charge in [-0.3, -0.25) is 9.59 Å². The van der Waals surface area contributed by atoms with Gasteiger partial charge in [0.1, 0.15) is 0 Å². The number of carbonyl (C=O) groups is 2. The van der Waals surface area contributed by atoms with Gasteiger partial charge in [-0.05, 0) is 37.1 Å². The fraction of sp³-hybridized carbons (Fsp3) is 0.571. The average molecular weight is 296 g/mol. The van der Waals surface area contributed by atoms with E-state index in [1.54, 1.807) is 6.07 Å². The summed E-state index contributed by atoms with van der Waals surface area (Å²) in [6, 6.07) is 3.61. The van der Waals surface area contributed by atoms with Crippen LogP contribution in [0.15, 0.2) is 17.5 Å². The Kier molecular flexibility index (Phi) is 5.14. The molecule has 1 heterocycles. The van der Waals surface area contributed by atoms with E-state index in [2.05, 4.69) is 10.6 Å². The number of hydrogen-bond donors (Lipinski definition) is 3. The SMILES string of the molecule is O=C(CCCNC(=O)c1cccs1)NC1(CO)CCC1. The van der Waals surface area contributed by atoms with Gasteiger partial charge in [-0.1, -0.05) is 6.07 Å². The van der Waals surface area contributed by atoms with Crippen molar-refractivity contribution in [2.75, 3.05) is 13.2 Å². The molecule has 0 bridgehead atoms. The summed E-state index contributed by atoms with van der Waals surface area (Å²) in [5, 5.41) is 16.8. The van der Waals surface area contributed by atoms with Gasteiger partial charge in [0.15, 0.2) is 0 Å². The number of thiophene rings is 1. The molecule has 1 aromatic heterocycles. The number of amides is 2. The monoisotopic (exact) mass is 296 g/mol. The average Bonchev–Trinajstić information content (AvgIpc) is 2.93. The topological polar surface area (TPSA) is 78.4 Å². The van der Waals surface area contributed by atoms with Crippen LogP contribution in [-0.4, -0.2) is 35.6 Å². The van der Waals surface area contributed by atoms with Crippen LogP contribution in [0, 0.1) is 0 Å². The van der Waals surface area contributed by atoms with Crippen LogP contribution in [0.25, 0.3) is 0 Å². The van der Waals surface area contributed by atoms with Crippen molar-refractivity contribution < 1.29 is 14.7 Å². The van der Waals surface area contributed by atoms with Crippen molar-refractivity contribution in [2.45, 2.75) is 37.6 Å². The second-order valence-corrected chi connectivity index (χ2v) is 6.12. The van der Waals surface area contributed by atoms with E-state index in [0.29, 0.717) is 24.3 Å². The summed E-state index contributed by atoms with van der Waals surface area (Å²) < 4.78 is 0. The zero-order chi connectivity index (χ0) is 14.4. The van der Waals surface area contributed by atoms with Crippen molar-refractivity contribution in [3.05, 3.63) is 22.4 Å². The molecule has 0 saturated heterocycles. The highest BCUT2D eigenvalue weighted by molar-refractivity contribution is 7.12. The fourth-order valence-electron chi connectivity index (χ4n) is 2.23. The molecule has 0 radical (unpaired) electrons. The second-order valence-electron chi connectivity index (χ2n) is 5.18. The smallest absolute Gasteiger partial charge is 0.261 e. The maximum Gasteiger partial charge on any atom is 0.261 e. The summed E-state index contributed by atoms with van der Waals surface area (Å²) in [6.07, 6.45) is 3.73. The van der Waals surface area contributed by atoms with Crippen LogP contribution < -0.4 is 10.6 Å². The Bertz CT molecular complexity index is 449. The highest BCUT2D eigenvalue weighted by atomic mass is 32.1. The van der Waals surface area contributed by atoms with Gasteiger partial charge in [0.05, 0.1) is 17.0 Å². The molecule has 110 valence electrons. The van der Waals surface area contributed by atoms with Gasteiger partial charge in [-0.2, -0.15) is 0 Å². The number of rotatable bonds is 7. The Morgan fingerprint density at radius 1 is 1.40 bits per heavy atom. The van der Waals surface area contributed by atoms with Gasteiger partial charge in [0, 0.05) is 13.0 Å². The molecule has 0 aliphatic heterocycles. The molecule has 20 heavy (non-hydrogen) atoms. The minimum atomic E-state index is -0.378. The van der Waals surface area contributed by atoms with Crippen LogP contribution in [0.2, 0.25) is 0 Å². The summed E-state index contributed by atoms with van der Waals surface area (Å²) in [4.78, 5) is 24.1. The van der Waals surface area contributed by atoms with Gasteiger partial charge in [0.2, 0.25) is 5.91 Å². The number of aliphatic hydroxyl groups excluding tert-OH is 1. The molecule has 1 aliphatic rings. The zero-order valence-electron chi connectivity index (χ0n) is 11.4. The molecule has 0 aromatic carbocycles. The van der Waals surface area contributed by atoms with Crippen LogP contribution in [0.5, 0.6) is 0 Å². The molecule has 1 aliphatic carbocycles. The first-order valence-electron chi connectivity index (χ1n) is 6.89. The van der Waals surface area contributed by atoms with Crippen LogP contribution in [0.3, 0.4) is 0 Å². The van der Waals surface area contributed by atoms with Crippen molar-refractivity contribution in [1.82, 2.24) is 10.6 Å². The van der Waals surface area contributed by atoms with E-state index >= 15 is 0 Å². The van der Waals surface area contributed by atoms with E-state index in [4.69, 9.17) is 0 Å². The molecule has 1 fully saturated rings. The van der Waals surface area contributed by atoms with Gasteiger partial charge in [-0.15, -0.1) is 11.3 Å².